The topological polar surface area (TPSA) is 56.7 Å². The zero-order valence-electron chi connectivity index (χ0n) is 20.3. The molecule has 8 aromatic rings. The van der Waals surface area contributed by atoms with Crippen LogP contribution in [0.3, 0.4) is 0 Å². The van der Waals surface area contributed by atoms with Gasteiger partial charge in [0.1, 0.15) is 22.8 Å². The van der Waals surface area contributed by atoms with Gasteiger partial charge in [0.2, 0.25) is 0 Å². The van der Waals surface area contributed by atoms with Gasteiger partial charge in [0, 0.05) is 52.5 Å². The van der Waals surface area contributed by atoms with E-state index in [-0.39, 0.29) is 0 Å². The van der Waals surface area contributed by atoms with Crippen molar-refractivity contribution in [1.82, 2.24) is 23.8 Å². The average molecular weight is 480 g/mol. The van der Waals surface area contributed by atoms with Crippen molar-refractivity contribution in [2.45, 2.75) is 13.8 Å². The molecule has 0 amide bonds. The maximum Gasteiger partial charge on any atom is 0.145 e. The van der Waals surface area contributed by atoms with Gasteiger partial charge in [0.25, 0.3) is 0 Å². The third-order valence-corrected chi connectivity index (χ3v) is 7.44. The fraction of sp³-hybridized carbons (Fsp3) is 0.0645. The molecular formula is C31H21N5O. The number of aryl methyl sites for hydroxylation is 2. The summed E-state index contributed by atoms with van der Waals surface area (Å²) < 4.78 is 10.7. The predicted molar refractivity (Wildman–Crippen MR) is 148 cm³/mol. The summed E-state index contributed by atoms with van der Waals surface area (Å²) in [6, 6.07) is 20.9. The Morgan fingerprint density at radius 3 is 1.97 bits per heavy atom. The number of fused-ring (bicyclic) bond motifs is 12. The first-order valence-corrected chi connectivity index (χ1v) is 12.3. The molecule has 0 aliphatic heterocycles. The Morgan fingerprint density at radius 1 is 0.568 bits per heavy atom. The Balaban J connectivity index is 1.31. The number of aromatic nitrogens is 5. The molecule has 3 aromatic carbocycles. The van der Waals surface area contributed by atoms with E-state index in [4.69, 9.17) is 4.74 Å². The molecule has 0 saturated carbocycles. The van der Waals surface area contributed by atoms with Crippen LogP contribution in [0, 0.1) is 13.8 Å². The summed E-state index contributed by atoms with van der Waals surface area (Å²) in [7, 11) is 0. The number of hydrogen-bond donors (Lipinski definition) is 0. The fourth-order valence-corrected chi connectivity index (χ4v) is 5.53. The molecule has 37 heavy (non-hydrogen) atoms. The lowest BCUT2D eigenvalue weighted by molar-refractivity contribution is 0.484. The van der Waals surface area contributed by atoms with Gasteiger partial charge in [-0.3, -0.25) is 13.8 Å². The molecule has 0 bridgehead atoms. The van der Waals surface area contributed by atoms with Crippen LogP contribution < -0.4 is 4.74 Å². The van der Waals surface area contributed by atoms with Crippen LogP contribution in [0.1, 0.15) is 11.1 Å². The monoisotopic (exact) mass is 479 g/mol. The van der Waals surface area contributed by atoms with E-state index in [0.717, 1.165) is 55.5 Å². The lowest BCUT2D eigenvalue weighted by atomic mass is 10.0. The third kappa shape index (κ3) is 2.84. The van der Waals surface area contributed by atoms with Gasteiger partial charge in [-0.25, -0.2) is 9.97 Å². The smallest absolute Gasteiger partial charge is 0.145 e. The Labute approximate surface area is 211 Å². The van der Waals surface area contributed by atoms with Crippen molar-refractivity contribution in [2.75, 3.05) is 0 Å². The summed E-state index contributed by atoms with van der Waals surface area (Å²) in [5.74, 6) is 1.51. The van der Waals surface area contributed by atoms with Crippen LogP contribution in [-0.4, -0.2) is 23.8 Å². The normalized spacial score (nSPS) is 12.1. The average Bonchev–Trinajstić information content (AvgIpc) is 3.61. The molecule has 6 nitrogen and oxygen atoms in total. The van der Waals surface area contributed by atoms with E-state index in [0.29, 0.717) is 0 Å². The van der Waals surface area contributed by atoms with Crippen molar-refractivity contribution in [3.05, 3.63) is 103 Å². The van der Waals surface area contributed by atoms with Crippen LogP contribution in [0.15, 0.2) is 91.6 Å². The van der Waals surface area contributed by atoms with Crippen molar-refractivity contribution in [1.29, 1.82) is 0 Å². The maximum atomic E-state index is 6.42. The highest BCUT2D eigenvalue weighted by molar-refractivity contribution is 6.12. The second-order valence-corrected chi connectivity index (χ2v) is 9.58. The molecule has 0 unspecified atom stereocenters. The summed E-state index contributed by atoms with van der Waals surface area (Å²) in [6.45, 7) is 4.31. The highest BCUT2D eigenvalue weighted by Gasteiger charge is 2.14. The van der Waals surface area contributed by atoms with Crippen molar-refractivity contribution < 1.29 is 4.74 Å². The van der Waals surface area contributed by atoms with Gasteiger partial charge in [0.05, 0.1) is 16.6 Å². The molecule has 6 heteroatoms. The van der Waals surface area contributed by atoms with Gasteiger partial charge in [-0.15, -0.1) is 0 Å². The Morgan fingerprint density at radius 2 is 1.22 bits per heavy atom. The SMILES string of the molecule is Cc1cc2c3ccc(Oc4ccc5c(c4)c4nccn4c4cccnc54)cc3c3nccn3c2cc1C. The van der Waals surface area contributed by atoms with Crippen LogP contribution in [-0.2, 0) is 0 Å². The van der Waals surface area contributed by atoms with E-state index in [1.54, 1.807) is 0 Å². The first kappa shape index (κ1) is 20.2. The summed E-state index contributed by atoms with van der Waals surface area (Å²) in [4.78, 5) is 14.0. The minimum Gasteiger partial charge on any atom is -0.457 e. The van der Waals surface area contributed by atoms with E-state index >= 15 is 0 Å². The van der Waals surface area contributed by atoms with E-state index < -0.39 is 0 Å². The molecule has 0 spiro atoms. The molecule has 0 aliphatic carbocycles. The zero-order valence-corrected chi connectivity index (χ0v) is 20.3. The minimum absolute atomic E-state index is 0.749. The largest absolute Gasteiger partial charge is 0.457 e. The van der Waals surface area contributed by atoms with Crippen LogP contribution in [0.4, 0.5) is 0 Å². The number of pyridine rings is 3. The van der Waals surface area contributed by atoms with E-state index in [2.05, 4.69) is 74.0 Å². The quantitative estimate of drug-likeness (QED) is 0.242. The highest BCUT2D eigenvalue weighted by Crippen LogP contribution is 2.36. The molecule has 0 aliphatic rings. The number of nitrogens with zero attached hydrogens (tertiary/aromatic N) is 5. The van der Waals surface area contributed by atoms with Crippen LogP contribution >= 0.6 is 0 Å². The Bertz CT molecular complexity index is 2210. The molecule has 0 saturated heterocycles. The predicted octanol–water partition coefficient (Wildman–Crippen LogP) is 7.40. The Hall–Kier alpha value is -4.97. The van der Waals surface area contributed by atoms with Gasteiger partial charge < -0.3 is 4.74 Å². The standard InChI is InChI=1S/C31H21N5O/c1-18-14-24-22-7-5-20(16-25(22)30-33-11-13-36(30)28(24)15-19(18)2)37-21-6-8-23-26(17-21)31-34-10-12-35(31)27-4-3-9-32-29(23)27/h3-17H,1-2H3. The molecule has 5 heterocycles. The summed E-state index contributed by atoms with van der Waals surface area (Å²) in [5, 5.41) is 5.49. The van der Waals surface area contributed by atoms with E-state index in [1.165, 1.54) is 21.9 Å². The number of hydrogen-bond acceptors (Lipinski definition) is 4. The number of imidazole rings is 2. The molecule has 0 fully saturated rings. The molecular weight excluding hydrogens is 458 g/mol. The highest BCUT2D eigenvalue weighted by atomic mass is 16.5. The Kier molecular flexibility index (Phi) is 3.98. The fourth-order valence-electron chi connectivity index (χ4n) is 5.53. The van der Waals surface area contributed by atoms with E-state index in [1.807, 2.05) is 55.2 Å². The molecule has 5 aromatic heterocycles. The first-order chi connectivity index (χ1) is 18.2. The van der Waals surface area contributed by atoms with Gasteiger partial charge in [-0.1, -0.05) is 0 Å². The van der Waals surface area contributed by atoms with Crippen molar-refractivity contribution in [3.8, 4) is 11.5 Å². The number of ether oxygens (including phenoxy) is 1. The number of benzene rings is 3. The second-order valence-electron chi connectivity index (χ2n) is 9.58. The third-order valence-electron chi connectivity index (χ3n) is 7.44. The molecule has 0 radical (unpaired) electrons. The lowest BCUT2D eigenvalue weighted by Crippen LogP contribution is -1.94. The second kappa shape index (κ2) is 7.27. The van der Waals surface area contributed by atoms with Gasteiger partial charge >= 0.3 is 0 Å². The minimum atomic E-state index is 0.749. The van der Waals surface area contributed by atoms with E-state index in [9.17, 15) is 0 Å². The summed E-state index contributed by atoms with van der Waals surface area (Å²) >= 11 is 0. The summed E-state index contributed by atoms with van der Waals surface area (Å²) in [5.41, 5.74) is 7.49. The lowest BCUT2D eigenvalue weighted by Gasteiger charge is -2.13. The van der Waals surface area contributed by atoms with Gasteiger partial charge in [-0.2, -0.15) is 0 Å². The first-order valence-electron chi connectivity index (χ1n) is 12.3. The molecule has 8 rings (SSSR count). The number of rotatable bonds is 2. The van der Waals surface area contributed by atoms with Crippen LogP contribution in [0.25, 0.3) is 54.8 Å². The molecule has 176 valence electrons. The summed E-state index contributed by atoms with van der Waals surface area (Å²) in [6.07, 6.45) is 9.50. The van der Waals surface area contributed by atoms with Gasteiger partial charge in [-0.05, 0) is 91.0 Å². The van der Waals surface area contributed by atoms with Crippen LogP contribution in [0.5, 0.6) is 11.5 Å². The van der Waals surface area contributed by atoms with Crippen LogP contribution in [0.2, 0.25) is 0 Å². The molecule has 0 atom stereocenters. The zero-order chi connectivity index (χ0) is 24.7. The van der Waals surface area contributed by atoms with Crippen molar-refractivity contribution in [3.63, 3.8) is 0 Å². The maximum absolute atomic E-state index is 6.42. The van der Waals surface area contributed by atoms with Gasteiger partial charge in [0.15, 0.2) is 0 Å². The van der Waals surface area contributed by atoms with Crippen molar-refractivity contribution >= 4 is 54.8 Å². The van der Waals surface area contributed by atoms with Crippen molar-refractivity contribution in [2.24, 2.45) is 0 Å². The molecule has 0 N–H and O–H groups in total.